The van der Waals surface area contributed by atoms with E-state index in [2.05, 4.69) is 69.4 Å². The van der Waals surface area contributed by atoms with E-state index in [0.29, 0.717) is 19.3 Å². The lowest BCUT2D eigenvalue weighted by Crippen LogP contribution is -2.30. The second-order valence-electron chi connectivity index (χ2n) is 18.1. The highest BCUT2D eigenvalue weighted by Crippen LogP contribution is 2.14. The molecule has 0 unspecified atom stereocenters. The summed E-state index contributed by atoms with van der Waals surface area (Å²) in [6.45, 7) is 6.59. The highest BCUT2D eigenvalue weighted by Gasteiger charge is 2.19. The first-order chi connectivity index (χ1) is 31.0. The van der Waals surface area contributed by atoms with Crippen LogP contribution in [0.15, 0.2) is 48.6 Å². The molecule has 0 bridgehead atoms. The molecule has 0 aromatic rings. The fourth-order valence-electron chi connectivity index (χ4n) is 7.64. The topological polar surface area (TPSA) is 78.9 Å². The Hall–Kier alpha value is -2.63. The van der Waals surface area contributed by atoms with Crippen LogP contribution in [-0.2, 0) is 28.6 Å². The molecule has 0 saturated heterocycles. The van der Waals surface area contributed by atoms with Gasteiger partial charge in [0.2, 0.25) is 0 Å². The van der Waals surface area contributed by atoms with E-state index in [1.54, 1.807) is 0 Å². The average Bonchev–Trinajstić information content (AvgIpc) is 3.28. The second kappa shape index (κ2) is 52.0. The molecular weight excluding hydrogens is 781 g/mol. The number of rotatable bonds is 49. The highest BCUT2D eigenvalue weighted by atomic mass is 16.6. The standard InChI is InChI=1S/C57H102O6/c1-4-7-10-13-16-19-22-25-27-28-30-32-35-38-41-44-47-50-56(59)62-53-54(52-61-55(58)49-46-43-40-37-34-31-24-21-18-15-12-9-6-3)63-57(60)51-48-45-42-39-36-33-29-26-23-20-17-14-11-8-5-2/h16,19,21,24-27,29,54H,4-15,17-18,20,22-23,28,30-53H2,1-3H3/b19-16-,24-21-,27-25-,29-26-/t54-/m1/s1. The van der Waals surface area contributed by atoms with Crippen molar-refractivity contribution in [1.29, 1.82) is 0 Å². The summed E-state index contributed by atoms with van der Waals surface area (Å²) < 4.78 is 16.8. The van der Waals surface area contributed by atoms with Crippen LogP contribution in [0.3, 0.4) is 0 Å². The maximum absolute atomic E-state index is 12.8. The zero-order valence-electron chi connectivity index (χ0n) is 41.8. The van der Waals surface area contributed by atoms with Crippen molar-refractivity contribution in [3.05, 3.63) is 48.6 Å². The van der Waals surface area contributed by atoms with Gasteiger partial charge in [-0.25, -0.2) is 0 Å². The number of carbonyl (C=O) groups excluding carboxylic acids is 3. The van der Waals surface area contributed by atoms with E-state index in [9.17, 15) is 14.4 Å². The summed E-state index contributed by atoms with van der Waals surface area (Å²) in [5.74, 6) is -0.898. The number of esters is 3. The van der Waals surface area contributed by atoms with Gasteiger partial charge in [0.05, 0.1) is 0 Å². The predicted octanol–water partition coefficient (Wildman–Crippen LogP) is 17.9. The summed E-state index contributed by atoms with van der Waals surface area (Å²) >= 11 is 0. The molecule has 0 aromatic carbocycles. The molecular formula is C57H102O6. The van der Waals surface area contributed by atoms with E-state index in [-0.39, 0.29) is 31.1 Å². The Labute approximate surface area is 390 Å². The van der Waals surface area contributed by atoms with E-state index in [1.807, 2.05) is 0 Å². The van der Waals surface area contributed by atoms with Gasteiger partial charge in [0.25, 0.3) is 0 Å². The Morgan fingerprint density at radius 1 is 0.317 bits per heavy atom. The van der Waals surface area contributed by atoms with Crippen LogP contribution in [-0.4, -0.2) is 37.2 Å². The van der Waals surface area contributed by atoms with Crippen molar-refractivity contribution in [2.24, 2.45) is 0 Å². The molecule has 6 nitrogen and oxygen atoms in total. The summed E-state index contributed by atoms with van der Waals surface area (Å²) in [5, 5.41) is 0. The van der Waals surface area contributed by atoms with Gasteiger partial charge >= 0.3 is 17.9 Å². The molecule has 0 aliphatic carbocycles. The number of hydrogen-bond acceptors (Lipinski definition) is 6. The SMILES string of the molecule is CCCCC/C=C\C/C=C\CCCCCCCCCC(=O)OC[C@@H](COC(=O)CCCCCCC/C=C\CCCCCC)OC(=O)CCCCCCC/C=C\CCCCCCCC. The van der Waals surface area contributed by atoms with Crippen LogP contribution in [0.1, 0.15) is 278 Å². The molecule has 0 aliphatic heterocycles. The Bertz CT molecular complexity index is 1110. The van der Waals surface area contributed by atoms with Crippen molar-refractivity contribution >= 4 is 17.9 Å². The average molecular weight is 883 g/mol. The maximum atomic E-state index is 12.8. The minimum absolute atomic E-state index is 0.0822. The van der Waals surface area contributed by atoms with Crippen molar-refractivity contribution in [3.63, 3.8) is 0 Å². The van der Waals surface area contributed by atoms with E-state index in [0.717, 1.165) is 89.9 Å². The number of unbranched alkanes of at least 4 members (excludes halogenated alkanes) is 30. The van der Waals surface area contributed by atoms with Crippen molar-refractivity contribution < 1.29 is 28.6 Å². The predicted molar refractivity (Wildman–Crippen MR) is 270 cm³/mol. The highest BCUT2D eigenvalue weighted by molar-refractivity contribution is 5.71. The molecule has 63 heavy (non-hydrogen) atoms. The fraction of sp³-hybridized carbons (Fsp3) is 0.807. The third-order valence-electron chi connectivity index (χ3n) is 11.8. The van der Waals surface area contributed by atoms with Crippen LogP contribution in [0, 0.1) is 0 Å². The lowest BCUT2D eigenvalue weighted by atomic mass is 10.1. The third-order valence-corrected chi connectivity index (χ3v) is 11.8. The number of ether oxygens (including phenoxy) is 3. The molecule has 0 aromatic heterocycles. The third kappa shape index (κ3) is 50.2. The van der Waals surface area contributed by atoms with Crippen molar-refractivity contribution in [3.8, 4) is 0 Å². The molecule has 0 fully saturated rings. The Morgan fingerprint density at radius 2 is 0.571 bits per heavy atom. The first-order valence-electron chi connectivity index (χ1n) is 27.1. The zero-order chi connectivity index (χ0) is 45.8. The van der Waals surface area contributed by atoms with Crippen LogP contribution >= 0.6 is 0 Å². The Kier molecular flexibility index (Phi) is 49.8. The molecule has 0 radical (unpaired) electrons. The van der Waals surface area contributed by atoms with Crippen LogP contribution < -0.4 is 0 Å². The molecule has 0 rings (SSSR count). The Morgan fingerprint density at radius 3 is 0.937 bits per heavy atom. The zero-order valence-corrected chi connectivity index (χ0v) is 41.8. The van der Waals surface area contributed by atoms with E-state index < -0.39 is 6.10 Å². The fourth-order valence-corrected chi connectivity index (χ4v) is 7.64. The van der Waals surface area contributed by atoms with Crippen LogP contribution in [0.4, 0.5) is 0 Å². The number of carbonyl (C=O) groups is 3. The molecule has 0 heterocycles. The second-order valence-corrected chi connectivity index (χ2v) is 18.1. The summed E-state index contributed by atoms with van der Waals surface area (Å²) in [6.07, 6.45) is 62.3. The molecule has 0 aliphatic rings. The summed E-state index contributed by atoms with van der Waals surface area (Å²) in [5.41, 5.74) is 0. The Balaban J connectivity index is 4.39. The van der Waals surface area contributed by atoms with E-state index >= 15 is 0 Å². The first kappa shape index (κ1) is 60.4. The normalized spacial score (nSPS) is 12.4. The molecule has 0 amide bonds. The molecule has 0 N–H and O–H groups in total. The van der Waals surface area contributed by atoms with Crippen LogP contribution in [0.2, 0.25) is 0 Å². The summed E-state index contributed by atoms with van der Waals surface area (Å²) in [7, 11) is 0. The maximum Gasteiger partial charge on any atom is 0.306 e. The van der Waals surface area contributed by atoms with Gasteiger partial charge in [0, 0.05) is 19.3 Å². The van der Waals surface area contributed by atoms with Crippen molar-refractivity contribution in [1.82, 2.24) is 0 Å². The van der Waals surface area contributed by atoms with Gasteiger partial charge in [-0.3, -0.25) is 14.4 Å². The largest absolute Gasteiger partial charge is 0.462 e. The molecule has 1 atom stereocenters. The minimum Gasteiger partial charge on any atom is -0.462 e. The van der Waals surface area contributed by atoms with Gasteiger partial charge < -0.3 is 14.2 Å². The van der Waals surface area contributed by atoms with Gasteiger partial charge in [-0.1, -0.05) is 204 Å². The molecule has 366 valence electrons. The van der Waals surface area contributed by atoms with Crippen LogP contribution in [0.25, 0.3) is 0 Å². The number of hydrogen-bond donors (Lipinski definition) is 0. The summed E-state index contributed by atoms with van der Waals surface area (Å²) in [4.78, 5) is 38.0. The first-order valence-corrected chi connectivity index (χ1v) is 27.1. The molecule has 0 spiro atoms. The van der Waals surface area contributed by atoms with Gasteiger partial charge in [-0.15, -0.1) is 0 Å². The minimum atomic E-state index is -0.782. The number of allylic oxidation sites excluding steroid dienone is 8. The van der Waals surface area contributed by atoms with Gasteiger partial charge in [0.15, 0.2) is 6.10 Å². The lowest BCUT2D eigenvalue weighted by molar-refractivity contribution is -0.167. The molecule has 6 heteroatoms. The summed E-state index contributed by atoms with van der Waals surface area (Å²) in [6, 6.07) is 0. The van der Waals surface area contributed by atoms with E-state index in [4.69, 9.17) is 14.2 Å². The van der Waals surface area contributed by atoms with Crippen molar-refractivity contribution in [2.45, 2.75) is 284 Å². The van der Waals surface area contributed by atoms with Crippen molar-refractivity contribution in [2.75, 3.05) is 13.2 Å². The molecule has 0 saturated carbocycles. The van der Waals surface area contributed by atoms with Gasteiger partial charge in [-0.05, 0) is 103 Å². The monoisotopic (exact) mass is 883 g/mol. The van der Waals surface area contributed by atoms with Gasteiger partial charge in [0.1, 0.15) is 13.2 Å². The van der Waals surface area contributed by atoms with E-state index in [1.165, 1.54) is 148 Å². The quantitative estimate of drug-likeness (QED) is 0.0262. The smallest absolute Gasteiger partial charge is 0.306 e. The van der Waals surface area contributed by atoms with Crippen LogP contribution in [0.5, 0.6) is 0 Å². The van der Waals surface area contributed by atoms with Gasteiger partial charge in [-0.2, -0.15) is 0 Å². The lowest BCUT2D eigenvalue weighted by Gasteiger charge is -2.18.